The van der Waals surface area contributed by atoms with E-state index >= 15 is 0 Å². The van der Waals surface area contributed by atoms with Gasteiger partial charge in [0.15, 0.2) is 0 Å². The van der Waals surface area contributed by atoms with Crippen molar-refractivity contribution in [3.05, 3.63) is 88.7 Å². The van der Waals surface area contributed by atoms with Crippen molar-refractivity contribution in [3.8, 4) is 0 Å². The smallest absolute Gasteiger partial charge is 0.274 e. The minimum atomic E-state index is -0.441. The summed E-state index contributed by atoms with van der Waals surface area (Å²) in [7, 11) is 0. The number of aromatic nitrogens is 1. The average molecular weight is 366 g/mol. The molecule has 130 valence electrons. The van der Waals surface area contributed by atoms with E-state index in [9.17, 15) is 9.59 Å². The number of halogens is 1. The molecule has 0 saturated carbocycles. The number of amides is 2. The molecule has 26 heavy (non-hydrogen) atoms. The highest BCUT2D eigenvalue weighted by atomic mass is 35.5. The van der Waals surface area contributed by atoms with Crippen LogP contribution in [-0.2, 0) is 0 Å². The van der Waals surface area contributed by atoms with Crippen LogP contribution in [0.4, 0.5) is 11.4 Å². The Bertz CT molecular complexity index is 973. The lowest BCUT2D eigenvalue weighted by molar-refractivity contribution is 0.102. The van der Waals surface area contributed by atoms with Crippen LogP contribution < -0.4 is 10.6 Å². The predicted molar refractivity (Wildman–Crippen MR) is 103 cm³/mol. The molecule has 3 aromatic rings. The molecular formula is C20H16ClN3O2. The molecule has 2 N–H and O–H groups in total. The maximum absolute atomic E-state index is 12.4. The minimum Gasteiger partial charge on any atom is -0.322 e. The molecule has 0 fully saturated rings. The summed E-state index contributed by atoms with van der Waals surface area (Å²) in [5.74, 6) is -0.756. The second kappa shape index (κ2) is 7.80. The van der Waals surface area contributed by atoms with Crippen molar-refractivity contribution >= 4 is 34.8 Å². The molecular weight excluding hydrogens is 350 g/mol. The summed E-state index contributed by atoms with van der Waals surface area (Å²) in [4.78, 5) is 28.8. The van der Waals surface area contributed by atoms with Gasteiger partial charge in [-0.2, -0.15) is 0 Å². The molecule has 2 amide bonds. The normalized spacial score (nSPS) is 10.2. The van der Waals surface area contributed by atoms with Crippen LogP contribution in [-0.4, -0.2) is 16.8 Å². The summed E-state index contributed by atoms with van der Waals surface area (Å²) < 4.78 is 0. The van der Waals surface area contributed by atoms with Crippen LogP contribution in [0.15, 0.2) is 66.9 Å². The average Bonchev–Trinajstić information content (AvgIpc) is 2.63. The van der Waals surface area contributed by atoms with E-state index in [4.69, 9.17) is 11.6 Å². The molecule has 5 nitrogen and oxygen atoms in total. The fourth-order valence-electron chi connectivity index (χ4n) is 2.37. The summed E-state index contributed by atoms with van der Waals surface area (Å²) in [5, 5.41) is 5.91. The molecule has 0 unspecified atom stereocenters. The van der Waals surface area contributed by atoms with Gasteiger partial charge < -0.3 is 10.6 Å². The predicted octanol–water partition coefficient (Wildman–Crippen LogP) is 4.55. The maximum atomic E-state index is 12.4. The van der Waals surface area contributed by atoms with Crippen molar-refractivity contribution in [2.75, 3.05) is 10.6 Å². The monoisotopic (exact) mass is 365 g/mol. The molecule has 1 heterocycles. The van der Waals surface area contributed by atoms with Crippen molar-refractivity contribution in [2.24, 2.45) is 0 Å². The number of anilines is 2. The quantitative estimate of drug-likeness (QED) is 0.712. The van der Waals surface area contributed by atoms with Gasteiger partial charge in [-0.05, 0) is 48.9 Å². The van der Waals surface area contributed by atoms with Gasteiger partial charge >= 0.3 is 0 Å². The van der Waals surface area contributed by atoms with Crippen LogP contribution in [0.25, 0.3) is 0 Å². The number of hydrogen-bond donors (Lipinski definition) is 2. The van der Waals surface area contributed by atoms with Gasteiger partial charge in [-0.15, -0.1) is 0 Å². The highest BCUT2D eigenvalue weighted by Gasteiger charge is 2.13. The SMILES string of the molecule is Cc1cccc(NC(=O)c2ccnc(C(=O)Nc3ccccc3Cl)c2)c1. The molecule has 0 bridgehead atoms. The third-order valence-electron chi connectivity index (χ3n) is 3.65. The fourth-order valence-corrected chi connectivity index (χ4v) is 2.55. The van der Waals surface area contributed by atoms with E-state index < -0.39 is 5.91 Å². The van der Waals surface area contributed by atoms with Crippen molar-refractivity contribution in [3.63, 3.8) is 0 Å². The van der Waals surface area contributed by atoms with Crippen LogP contribution in [0, 0.1) is 6.92 Å². The van der Waals surface area contributed by atoms with E-state index in [1.807, 2.05) is 25.1 Å². The Morgan fingerprint density at radius 2 is 1.73 bits per heavy atom. The van der Waals surface area contributed by atoms with Crippen molar-refractivity contribution in [1.82, 2.24) is 4.98 Å². The largest absolute Gasteiger partial charge is 0.322 e. The van der Waals surface area contributed by atoms with Crippen LogP contribution in [0.3, 0.4) is 0 Å². The maximum Gasteiger partial charge on any atom is 0.274 e. The number of carbonyl (C=O) groups excluding carboxylic acids is 2. The summed E-state index contributed by atoms with van der Waals surface area (Å²) in [6, 6.07) is 17.4. The topological polar surface area (TPSA) is 71.1 Å². The van der Waals surface area contributed by atoms with Crippen LogP contribution in [0.5, 0.6) is 0 Å². The first-order valence-electron chi connectivity index (χ1n) is 7.93. The van der Waals surface area contributed by atoms with Crippen molar-refractivity contribution in [2.45, 2.75) is 6.92 Å². The van der Waals surface area contributed by atoms with E-state index in [-0.39, 0.29) is 11.6 Å². The Hall–Kier alpha value is -3.18. The zero-order chi connectivity index (χ0) is 18.5. The van der Waals surface area contributed by atoms with Crippen LogP contribution in [0.2, 0.25) is 5.02 Å². The molecule has 0 atom stereocenters. The zero-order valence-corrected chi connectivity index (χ0v) is 14.7. The lowest BCUT2D eigenvalue weighted by Gasteiger charge is -2.08. The molecule has 0 aliphatic heterocycles. The van der Waals surface area contributed by atoms with Gasteiger partial charge in [0.2, 0.25) is 0 Å². The van der Waals surface area contributed by atoms with E-state index in [1.54, 1.807) is 36.4 Å². The Morgan fingerprint density at radius 3 is 2.50 bits per heavy atom. The Morgan fingerprint density at radius 1 is 0.923 bits per heavy atom. The molecule has 0 aliphatic rings. The Labute approximate surface area is 156 Å². The first kappa shape index (κ1) is 17.6. The summed E-state index contributed by atoms with van der Waals surface area (Å²) >= 11 is 6.04. The molecule has 0 saturated heterocycles. The molecule has 6 heteroatoms. The lowest BCUT2D eigenvalue weighted by Crippen LogP contribution is -2.17. The first-order valence-corrected chi connectivity index (χ1v) is 8.31. The summed E-state index contributed by atoms with van der Waals surface area (Å²) in [5.41, 5.74) is 2.68. The van der Waals surface area contributed by atoms with E-state index in [0.717, 1.165) is 5.56 Å². The molecule has 2 aromatic carbocycles. The summed E-state index contributed by atoms with van der Waals surface area (Å²) in [6.45, 7) is 1.94. The molecule has 0 radical (unpaired) electrons. The highest BCUT2D eigenvalue weighted by molar-refractivity contribution is 6.33. The lowest BCUT2D eigenvalue weighted by atomic mass is 10.2. The van der Waals surface area contributed by atoms with E-state index in [1.165, 1.54) is 12.3 Å². The van der Waals surface area contributed by atoms with Gasteiger partial charge in [0.25, 0.3) is 11.8 Å². The number of pyridine rings is 1. The van der Waals surface area contributed by atoms with Gasteiger partial charge in [0, 0.05) is 17.4 Å². The molecule has 1 aromatic heterocycles. The molecule has 0 aliphatic carbocycles. The summed E-state index contributed by atoms with van der Waals surface area (Å²) in [6.07, 6.45) is 1.42. The second-order valence-electron chi connectivity index (χ2n) is 5.69. The van der Waals surface area contributed by atoms with Crippen molar-refractivity contribution in [1.29, 1.82) is 0 Å². The van der Waals surface area contributed by atoms with Gasteiger partial charge in [-0.1, -0.05) is 35.9 Å². The molecule has 0 spiro atoms. The number of aryl methyl sites for hydroxylation is 1. The third kappa shape index (κ3) is 4.26. The van der Waals surface area contributed by atoms with E-state index in [2.05, 4.69) is 15.6 Å². The van der Waals surface area contributed by atoms with Gasteiger partial charge in [0.05, 0.1) is 10.7 Å². The number of para-hydroxylation sites is 1. The molecule has 3 rings (SSSR count). The number of hydrogen-bond acceptors (Lipinski definition) is 3. The van der Waals surface area contributed by atoms with Gasteiger partial charge in [0.1, 0.15) is 5.69 Å². The number of carbonyl (C=O) groups is 2. The van der Waals surface area contributed by atoms with Crippen LogP contribution in [0.1, 0.15) is 26.4 Å². The number of nitrogens with zero attached hydrogens (tertiary/aromatic N) is 1. The first-order chi connectivity index (χ1) is 12.5. The van der Waals surface area contributed by atoms with Gasteiger partial charge in [-0.25, -0.2) is 0 Å². The van der Waals surface area contributed by atoms with Gasteiger partial charge in [-0.3, -0.25) is 14.6 Å². The number of nitrogens with one attached hydrogen (secondary N) is 2. The van der Waals surface area contributed by atoms with Crippen LogP contribution >= 0.6 is 11.6 Å². The second-order valence-corrected chi connectivity index (χ2v) is 6.09. The number of benzene rings is 2. The fraction of sp³-hybridized carbons (Fsp3) is 0.0500. The Kier molecular flexibility index (Phi) is 5.29. The standard InChI is InChI=1S/C20H16ClN3O2/c1-13-5-4-6-15(11-13)23-19(25)14-9-10-22-18(12-14)20(26)24-17-8-3-2-7-16(17)21/h2-12H,1H3,(H,23,25)(H,24,26). The van der Waals surface area contributed by atoms with E-state index in [0.29, 0.717) is 22.0 Å². The number of rotatable bonds is 4. The minimum absolute atomic E-state index is 0.127. The zero-order valence-electron chi connectivity index (χ0n) is 14.0. The van der Waals surface area contributed by atoms with Crippen molar-refractivity contribution < 1.29 is 9.59 Å². The highest BCUT2D eigenvalue weighted by Crippen LogP contribution is 2.21. The Balaban J connectivity index is 1.76. The third-order valence-corrected chi connectivity index (χ3v) is 3.98.